The maximum Gasteiger partial charge on any atom is 0.255 e. The Morgan fingerprint density at radius 3 is 2.41 bits per heavy atom. The second-order valence-electron chi connectivity index (χ2n) is 7.52. The number of benzene rings is 1. The summed E-state index contributed by atoms with van der Waals surface area (Å²) in [5.41, 5.74) is 4.04. The molecule has 5 nitrogen and oxygen atoms in total. The second kappa shape index (κ2) is 8.09. The van der Waals surface area contributed by atoms with Crippen molar-refractivity contribution in [1.29, 1.82) is 0 Å². The van der Waals surface area contributed by atoms with Crippen LogP contribution in [0.5, 0.6) is 0 Å². The Labute approximate surface area is 161 Å². The van der Waals surface area contributed by atoms with Gasteiger partial charge in [-0.2, -0.15) is 0 Å². The summed E-state index contributed by atoms with van der Waals surface area (Å²) in [5.74, 6) is 0.527. The summed E-state index contributed by atoms with van der Waals surface area (Å²) in [4.78, 5) is 22.4. The van der Waals surface area contributed by atoms with Crippen LogP contribution in [0, 0.1) is 6.92 Å². The average molecular weight is 364 g/mol. The number of carbonyl (C=O) groups excluding carboxylic acids is 1. The predicted molar refractivity (Wildman–Crippen MR) is 108 cm³/mol. The average Bonchev–Trinajstić information content (AvgIpc) is 2.74. The summed E-state index contributed by atoms with van der Waals surface area (Å²) in [6.07, 6.45) is 2.11. The van der Waals surface area contributed by atoms with Gasteiger partial charge in [-0.05, 0) is 57.1 Å². The molecule has 4 rings (SSSR count). The van der Waals surface area contributed by atoms with Gasteiger partial charge in [-0.25, -0.2) is 0 Å². The van der Waals surface area contributed by atoms with Crippen molar-refractivity contribution in [3.63, 3.8) is 0 Å². The van der Waals surface area contributed by atoms with Crippen LogP contribution in [-0.2, 0) is 0 Å². The molecule has 1 amide bonds. The molecule has 1 N–H and O–H groups in total. The molecule has 2 aromatic rings. The molecule has 0 spiro atoms. The fourth-order valence-electron chi connectivity index (χ4n) is 4.14. The molecule has 2 aliphatic heterocycles. The topological polar surface area (TPSA) is 48.5 Å². The molecule has 3 heterocycles. The number of hydrogen-bond acceptors (Lipinski definition) is 4. The number of piperazine rings is 1. The van der Waals surface area contributed by atoms with Gasteiger partial charge in [-0.3, -0.25) is 9.78 Å². The van der Waals surface area contributed by atoms with Crippen molar-refractivity contribution >= 4 is 11.6 Å². The number of carbonyl (C=O) groups is 1. The SMILES string of the molecule is Cc1ccc(C(=O)N2CCN(c3ccccc3)CC2)c(C2CCNCC2)n1. The van der Waals surface area contributed by atoms with Crippen LogP contribution >= 0.6 is 0 Å². The lowest BCUT2D eigenvalue weighted by atomic mass is 9.90. The molecule has 142 valence electrons. The van der Waals surface area contributed by atoms with Crippen molar-refractivity contribution in [2.75, 3.05) is 44.2 Å². The van der Waals surface area contributed by atoms with Crippen LogP contribution in [0.1, 0.15) is 40.5 Å². The number of aromatic nitrogens is 1. The van der Waals surface area contributed by atoms with E-state index in [1.807, 2.05) is 30.0 Å². The molecule has 2 fully saturated rings. The zero-order valence-electron chi connectivity index (χ0n) is 16.0. The predicted octanol–water partition coefficient (Wildman–Crippen LogP) is 2.82. The second-order valence-corrected chi connectivity index (χ2v) is 7.52. The molecule has 0 bridgehead atoms. The van der Waals surface area contributed by atoms with Crippen LogP contribution in [0.2, 0.25) is 0 Å². The van der Waals surface area contributed by atoms with Gasteiger partial charge in [-0.1, -0.05) is 18.2 Å². The van der Waals surface area contributed by atoms with Crippen molar-refractivity contribution < 1.29 is 4.79 Å². The third-order valence-electron chi connectivity index (χ3n) is 5.71. The van der Waals surface area contributed by atoms with E-state index in [1.165, 1.54) is 5.69 Å². The quantitative estimate of drug-likeness (QED) is 0.910. The first kappa shape index (κ1) is 18.0. The fourth-order valence-corrected chi connectivity index (χ4v) is 4.14. The van der Waals surface area contributed by atoms with Crippen molar-refractivity contribution in [2.24, 2.45) is 0 Å². The highest BCUT2D eigenvalue weighted by Gasteiger charge is 2.27. The van der Waals surface area contributed by atoms with E-state index in [2.05, 4.69) is 34.5 Å². The first-order valence-electron chi connectivity index (χ1n) is 10.00. The lowest BCUT2D eigenvalue weighted by Crippen LogP contribution is -2.49. The van der Waals surface area contributed by atoms with E-state index in [9.17, 15) is 4.79 Å². The summed E-state index contributed by atoms with van der Waals surface area (Å²) in [6.45, 7) is 7.28. The Morgan fingerprint density at radius 1 is 1.00 bits per heavy atom. The van der Waals surface area contributed by atoms with Crippen molar-refractivity contribution in [2.45, 2.75) is 25.7 Å². The molecule has 1 aromatic carbocycles. The Kier molecular flexibility index (Phi) is 5.39. The van der Waals surface area contributed by atoms with Gasteiger partial charge in [0, 0.05) is 43.5 Å². The Balaban J connectivity index is 1.49. The number of nitrogens with zero attached hydrogens (tertiary/aromatic N) is 3. The number of nitrogens with one attached hydrogen (secondary N) is 1. The number of amides is 1. The molecular formula is C22H28N4O. The van der Waals surface area contributed by atoms with E-state index in [1.54, 1.807) is 0 Å². The van der Waals surface area contributed by atoms with Gasteiger partial charge in [0.1, 0.15) is 0 Å². The summed E-state index contributed by atoms with van der Waals surface area (Å²) in [7, 11) is 0. The molecule has 2 saturated heterocycles. The highest BCUT2D eigenvalue weighted by molar-refractivity contribution is 5.95. The Morgan fingerprint density at radius 2 is 1.70 bits per heavy atom. The first-order valence-corrected chi connectivity index (χ1v) is 10.00. The molecule has 1 aromatic heterocycles. The third kappa shape index (κ3) is 3.98. The molecule has 5 heteroatoms. The summed E-state index contributed by atoms with van der Waals surface area (Å²) < 4.78 is 0. The maximum atomic E-state index is 13.3. The highest BCUT2D eigenvalue weighted by atomic mass is 16.2. The summed E-state index contributed by atoms with van der Waals surface area (Å²) >= 11 is 0. The molecule has 0 unspecified atom stereocenters. The number of pyridine rings is 1. The first-order chi connectivity index (χ1) is 13.2. The number of hydrogen-bond donors (Lipinski definition) is 1. The van der Waals surface area contributed by atoms with E-state index in [4.69, 9.17) is 4.98 Å². The van der Waals surface area contributed by atoms with Crippen LogP contribution in [0.3, 0.4) is 0 Å². The van der Waals surface area contributed by atoms with Gasteiger partial charge in [-0.15, -0.1) is 0 Å². The maximum absolute atomic E-state index is 13.3. The van der Waals surface area contributed by atoms with E-state index in [-0.39, 0.29) is 5.91 Å². The fraction of sp³-hybridized carbons (Fsp3) is 0.455. The van der Waals surface area contributed by atoms with E-state index in [0.717, 1.165) is 69.1 Å². The van der Waals surface area contributed by atoms with Crippen molar-refractivity contribution in [1.82, 2.24) is 15.2 Å². The lowest BCUT2D eigenvalue weighted by molar-refractivity contribution is 0.0744. The zero-order valence-corrected chi connectivity index (χ0v) is 16.0. The van der Waals surface area contributed by atoms with Crippen LogP contribution in [0.4, 0.5) is 5.69 Å². The monoisotopic (exact) mass is 364 g/mol. The van der Waals surface area contributed by atoms with Crippen LogP contribution < -0.4 is 10.2 Å². The molecule has 27 heavy (non-hydrogen) atoms. The summed E-state index contributed by atoms with van der Waals surface area (Å²) in [6, 6.07) is 14.4. The summed E-state index contributed by atoms with van der Waals surface area (Å²) in [5, 5.41) is 3.40. The smallest absolute Gasteiger partial charge is 0.255 e. The van der Waals surface area contributed by atoms with Gasteiger partial charge in [0.2, 0.25) is 0 Å². The van der Waals surface area contributed by atoms with Crippen LogP contribution in [0.15, 0.2) is 42.5 Å². The molecule has 0 aliphatic carbocycles. The van der Waals surface area contributed by atoms with Crippen molar-refractivity contribution in [3.8, 4) is 0 Å². The molecule has 0 saturated carbocycles. The molecule has 0 radical (unpaired) electrons. The number of anilines is 1. The number of piperidine rings is 1. The van der Waals surface area contributed by atoms with Gasteiger partial charge in [0.25, 0.3) is 5.91 Å². The van der Waals surface area contributed by atoms with E-state index in [0.29, 0.717) is 5.92 Å². The van der Waals surface area contributed by atoms with Gasteiger partial charge in [0.15, 0.2) is 0 Å². The number of rotatable bonds is 3. The third-order valence-corrected chi connectivity index (χ3v) is 5.71. The Bertz CT molecular complexity index is 778. The standard InChI is InChI=1S/C22H28N4O/c1-17-7-8-20(21(24-17)18-9-11-23-12-10-18)22(27)26-15-13-25(14-16-26)19-5-3-2-4-6-19/h2-8,18,23H,9-16H2,1H3. The number of aryl methyl sites for hydroxylation is 1. The molecule has 2 aliphatic rings. The number of para-hydroxylation sites is 1. The van der Waals surface area contributed by atoms with Crippen LogP contribution in [-0.4, -0.2) is 55.1 Å². The highest BCUT2D eigenvalue weighted by Crippen LogP contribution is 2.28. The minimum Gasteiger partial charge on any atom is -0.368 e. The van der Waals surface area contributed by atoms with Crippen LogP contribution in [0.25, 0.3) is 0 Å². The zero-order chi connectivity index (χ0) is 18.6. The largest absolute Gasteiger partial charge is 0.368 e. The lowest BCUT2D eigenvalue weighted by Gasteiger charge is -2.36. The van der Waals surface area contributed by atoms with E-state index >= 15 is 0 Å². The molecule has 0 atom stereocenters. The van der Waals surface area contributed by atoms with E-state index < -0.39 is 0 Å². The van der Waals surface area contributed by atoms with Gasteiger partial charge in [0.05, 0.1) is 11.3 Å². The minimum absolute atomic E-state index is 0.142. The Hall–Kier alpha value is -2.40. The molecular weight excluding hydrogens is 336 g/mol. The van der Waals surface area contributed by atoms with Gasteiger partial charge >= 0.3 is 0 Å². The normalized spacial score (nSPS) is 18.6. The van der Waals surface area contributed by atoms with Crippen molar-refractivity contribution in [3.05, 3.63) is 59.4 Å². The minimum atomic E-state index is 0.142. The van der Waals surface area contributed by atoms with Gasteiger partial charge < -0.3 is 15.1 Å².